The van der Waals surface area contributed by atoms with Gasteiger partial charge in [-0.15, -0.1) is 0 Å². The van der Waals surface area contributed by atoms with Crippen LogP contribution in [0.2, 0.25) is 0 Å². The first-order valence-electron chi connectivity index (χ1n) is 7.93. The van der Waals surface area contributed by atoms with Crippen molar-refractivity contribution < 1.29 is 13.9 Å². The van der Waals surface area contributed by atoms with Crippen LogP contribution >= 0.6 is 15.9 Å². The molecule has 0 bridgehead atoms. The molecule has 2 N–H and O–H groups in total. The molecule has 1 amide bonds. The van der Waals surface area contributed by atoms with Gasteiger partial charge in [0.15, 0.2) is 0 Å². The van der Waals surface area contributed by atoms with Gasteiger partial charge < -0.3 is 15.4 Å². The molecule has 2 atom stereocenters. The van der Waals surface area contributed by atoms with Crippen LogP contribution in [-0.2, 0) is 4.74 Å². The van der Waals surface area contributed by atoms with Gasteiger partial charge in [-0.2, -0.15) is 0 Å². The Morgan fingerprint density at radius 1 is 1.39 bits per heavy atom. The Balaban J connectivity index is 1.89. The van der Waals surface area contributed by atoms with Gasteiger partial charge in [-0.25, -0.2) is 9.18 Å². The average molecular weight is 387 g/mol. The fourth-order valence-electron chi connectivity index (χ4n) is 2.81. The Morgan fingerprint density at radius 3 is 2.78 bits per heavy atom. The van der Waals surface area contributed by atoms with Crippen LogP contribution in [0.15, 0.2) is 22.7 Å². The Morgan fingerprint density at radius 2 is 2.13 bits per heavy atom. The lowest BCUT2D eigenvalue weighted by molar-refractivity contribution is 0.0519. The number of rotatable bonds is 4. The molecule has 0 radical (unpaired) electrons. The van der Waals surface area contributed by atoms with Crippen molar-refractivity contribution >= 4 is 27.7 Å². The predicted molar refractivity (Wildman–Crippen MR) is 93.1 cm³/mol. The molecule has 0 heterocycles. The number of amides is 1. The zero-order valence-corrected chi connectivity index (χ0v) is 15.4. The second-order valence-corrected chi connectivity index (χ2v) is 7.80. The van der Waals surface area contributed by atoms with E-state index in [9.17, 15) is 9.18 Å². The zero-order chi connectivity index (χ0) is 17.0. The Labute approximate surface area is 145 Å². The van der Waals surface area contributed by atoms with Gasteiger partial charge in [-0.1, -0.05) is 6.42 Å². The third-order valence-electron chi connectivity index (χ3n) is 3.84. The minimum Gasteiger partial charge on any atom is -0.444 e. The normalized spacial score (nSPS) is 21.1. The lowest BCUT2D eigenvalue weighted by Gasteiger charge is -2.24. The molecule has 2 rings (SSSR count). The minimum atomic E-state index is -0.490. The van der Waals surface area contributed by atoms with Gasteiger partial charge in [0, 0.05) is 22.7 Å². The van der Waals surface area contributed by atoms with E-state index in [1.807, 2.05) is 20.8 Å². The van der Waals surface area contributed by atoms with E-state index in [2.05, 4.69) is 26.6 Å². The molecule has 4 nitrogen and oxygen atoms in total. The summed E-state index contributed by atoms with van der Waals surface area (Å²) >= 11 is 3.38. The zero-order valence-electron chi connectivity index (χ0n) is 13.8. The Hall–Kier alpha value is -1.30. The van der Waals surface area contributed by atoms with Crippen molar-refractivity contribution in [2.45, 2.75) is 51.7 Å². The summed E-state index contributed by atoms with van der Waals surface area (Å²) in [4.78, 5) is 11.8. The fourth-order valence-corrected chi connectivity index (χ4v) is 3.27. The maximum Gasteiger partial charge on any atom is 0.407 e. The third kappa shape index (κ3) is 5.68. The molecule has 1 aliphatic rings. The van der Waals surface area contributed by atoms with Gasteiger partial charge in [0.05, 0.1) is 0 Å². The number of nitrogens with one attached hydrogen (secondary N) is 2. The quantitative estimate of drug-likeness (QED) is 0.788. The molecule has 1 aromatic rings. The third-order valence-corrected chi connectivity index (χ3v) is 4.49. The van der Waals surface area contributed by atoms with E-state index >= 15 is 0 Å². The summed E-state index contributed by atoms with van der Waals surface area (Å²) in [5.41, 5.74) is 0.386. The van der Waals surface area contributed by atoms with Crippen LogP contribution in [0.4, 0.5) is 14.9 Å². The smallest absolute Gasteiger partial charge is 0.407 e. The number of anilines is 1. The number of benzene rings is 1. The maximum absolute atomic E-state index is 13.2. The number of alkyl carbamates (subject to hydrolysis) is 1. The molecule has 1 aromatic carbocycles. The molecule has 23 heavy (non-hydrogen) atoms. The van der Waals surface area contributed by atoms with Crippen molar-refractivity contribution in [3.8, 4) is 0 Å². The van der Waals surface area contributed by atoms with E-state index < -0.39 is 5.60 Å². The molecule has 0 aromatic heterocycles. The van der Waals surface area contributed by atoms with Crippen LogP contribution in [0.3, 0.4) is 0 Å². The first kappa shape index (κ1) is 18.0. The highest BCUT2D eigenvalue weighted by Gasteiger charge is 2.28. The highest BCUT2D eigenvalue weighted by atomic mass is 79.9. The van der Waals surface area contributed by atoms with Crippen LogP contribution in [0.25, 0.3) is 0 Å². The minimum absolute atomic E-state index is 0.256. The van der Waals surface area contributed by atoms with E-state index in [1.165, 1.54) is 12.1 Å². The topological polar surface area (TPSA) is 50.4 Å². The highest BCUT2D eigenvalue weighted by Crippen LogP contribution is 2.31. The Kier molecular flexibility index (Phi) is 5.89. The summed E-state index contributed by atoms with van der Waals surface area (Å²) in [5, 5.41) is 6.30. The van der Waals surface area contributed by atoms with Gasteiger partial charge in [0.2, 0.25) is 0 Å². The van der Waals surface area contributed by atoms with Crippen LogP contribution in [0.1, 0.15) is 40.0 Å². The number of hydrogen-bond donors (Lipinski definition) is 2. The number of carbonyl (C=O) groups excluding carboxylic acids is 1. The number of carbonyl (C=O) groups is 1. The largest absolute Gasteiger partial charge is 0.444 e. The molecule has 0 spiro atoms. The summed E-state index contributed by atoms with van der Waals surface area (Å²) in [7, 11) is 0. The Bertz CT molecular complexity index is 560. The van der Waals surface area contributed by atoms with E-state index in [-0.39, 0.29) is 18.0 Å². The predicted octanol–water partition coefficient (Wildman–Crippen LogP) is 4.69. The summed E-state index contributed by atoms with van der Waals surface area (Å²) in [6.45, 7) is 6.11. The molecule has 1 aliphatic carbocycles. The lowest BCUT2D eigenvalue weighted by atomic mass is 10.0. The first-order chi connectivity index (χ1) is 10.7. The summed E-state index contributed by atoms with van der Waals surface area (Å²) in [5.74, 6) is 0.0662. The van der Waals surface area contributed by atoms with Crippen LogP contribution in [0, 0.1) is 11.7 Å². The van der Waals surface area contributed by atoms with Gasteiger partial charge in [-0.05, 0) is 73.7 Å². The van der Waals surface area contributed by atoms with E-state index in [1.54, 1.807) is 6.07 Å². The molecule has 1 saturated carbocycles. The lowest BCUT2D eigenvalue weighted by Crippen LogP contribution is -2.38. The van der Waals surface area contributed by atoms with Crippen molar-refractivity contribution in [2.75, 3.05) is 11.9 Å². The summed E-state index contributed by atoms with van der Waals surface area (Å²) in [6.07, 6.45) is 2.81. The second-order valence-electron chi connectivity index (χ2n) is 6.95. The fraction of sp³-hybridized carbons (Fsp3) is 0.588. The molecule has 0 saturated heterocycles. The second kappa shape index (κ2) is 7.51. The van der Waals surface area contributed by atoms with Crippen molar-refractivity contribution in [3.63, 3.8) is 0 Å². The highest BCUT2D eigenvalue weighted by molar-refractivity contribution is 9.10. The summed E-state index contributed by atoms with van der Waals surface area (Å²) in [6, 6.07) is 4.88. The van der Waals surface area contributed by atoms with Crippen molar-refractivity contribution in [3.05, 3.63) is 28.5 Å². The van der Waals surface area contributed by atoms with Gasteiger partial charge in [0.1, 0.15) is 11.4 Å². The monoisotopic (exact) mass is 386 g/mol. The number of ether oxygens (including phenoxy) is 1. The van der Waals surface area contributed by atoms with Crippen molar-refractivity contribution in [1.29, 1.82) is 0 Å². The SMILES string of the molecule is CC(C)(C)OC(=O)NCC1CCCC1Nc1ccc(F)cc1Br. The standard InChI is InChI=1S/C17H24BrFN2O2/c1-17(2,3)23-16(22)20-10-11-5-4-6-14(11)21-15-8-7-12(19)9-13(15)18/h7-9,11,14,21H,4-6,10H2,1-3H3,(H,20,22). The van der Waals surface area contributed by atoms with E-state index in [0.29, 0.717) is 16.9 Å². The van der Waals surface area contributed by atoms with Crippen LogP contribution in [-0.4, -0.2) is 24.3 Å². The van der Waals surface area contributed by atoms with E-state index in [0.717, 1.165) is 24.9 Å². The molecular formula is C17H24BrFN2O2. The number of hydrogen-bond acceptors (Lipinski definition) is 3. The first-order valence-corrected chi connectivity index (χ1v) is 8.72. The molecular weight excluding hydrogens is 363 g/mol. The molecule has 0 aliphatic heterocycles. The van der Waals surface area contributed by atoms with Crippen LogP contribution in [0.5, 0.6) is 0 Å². The molecule has 128 valence electrons. The average Bonchev–Trinajstić information content (AvgIpc) is 2.85. The van der Waals surface area contributed by atoms with Gasteiger partial charge >= 0.3 is 6.09 Å². The molecule has 1 fully saturated rings. The van der Waals surface area contributed by atoms with Gasteiger partial charge in [0.25, 0.3) is 0 Å². The molecule has 6 heteroatoms. The van der Waals surface area contributed by atoms with Crippen molar-refractivity contribution in [1.82, 2.24) is 5.32 Å². The van der Waals surface area contributed by atoms with Gasteiger partial charge in [-0.3, -0.25) is 0 Å². The molecule has 2 unspecified atom stereocenters. The number of halogens is 2. The summed E-state index contributed by atoms with van der Waals surface area (Å²) < 4.78 is 19.1. The maximum atomic E-state index is 13.2. The van der Waals surface area contributed by atoms with Crippen LogP contribution < -0.4 is 10.6 Å². The van der Waals surface area contributed by atoms with E-state index in [4.69, 9.17) is 4.74 Å². The van der Waals surface area contributed by atoms with Crippen molar-refractivity contribution in [2.24, 2.45) is 5.92 Å².